The summed E-state index contributed by atoms with van der Waals surface area (Å²) in [6, 6.07) is 0. The molecular formula is CH4BrMgNO. The van der Waals surface area contributed by atoms with Gasteiger partial charge in [-0.2, -0.15) is 0 Å². The molecule has 0 atom stereocenters. The minimum Gasteiger partial charge on any atom is -1.00 e. The predicted molar refractivity (Wildman–Crippen MR) is 26.5 cm³/mol. The zero-order chi connectivity index (χ0) is 3.58. The van der Waals surface area contributed by atoms with E-state index in [0.29, 0.717) is 0 Å². The van der Waals surface area contributed by atoms with E-state index < -0.39 is 4.82 Å². The van der Waals surface area contributed by atoms with Crippen LogP contribution in [0.25, 0.3) is 0 Å². The molecule has 0 spiro atoms. The molecule has 5 heavy (non-hydrogen) atoms. The van der Waals surface area contributed by atoms with Crippen LogP contribution in [0.15, 0.2) is 0 Å². The topological polar surface area (TPSA) is 43.1 Å². The first-order chi connectivity index (χ1) is 1.73. The van der Waals surface area contributed by atoms with E-state index in [1.165, 1.54) is 0 Å². The Morgan fingerprint density at radius 2 is 2.00 bits per heavy atom. The SMILES string of the molecule is NC(=O)Br.[H-].[H-].[Mg+2]. The number of primary amides is 1. The van der Waals surface area contributed by atoms with Crippen LogP contribution in [0.1, 0.15) is 2.85 Å². The third-order valence-electron chi connectivity index (χ3n) is 0. The van der Waals surface area contributed by atoms with Crippen molar-refractivity contribution in [1.29, 1.82) is 0 Å². The van der Waals surface area contributed by atoms with Crippen molar-refractivity contribution >= 4 is 43.8 Å². The molecule has 4 heteroatoms. The molecule has 0 aliphatic rings. The average Bonchev–Trinajstić information content (AvgIpc) is 0.811. The predicted octanol–water partition coefficient (Wildman–Crippen LogP) is 0.304. The van der Waals surface area contributed by atoms with Gasteiger partial charge in [-0.3, -0.25) is 4.79 Å². The molecule has 0 bridgehead atoms. The summed E-state index contributed by atoms with van der Waals surface area (Å²) >= 11 is 2.41. The van der Waals surface area contributed by atoms with Crippen molar-refractivity contribution in [2.75, 3.05) is 0 Å². The fraction of sp³-hybridized carbons (Fsp3) is 0. The fourth-order valence-electron chi connectivity index (χ4n) is 0. The summed E-state index contributed by atoms with van der Waals surface area (Å²) in [4.78, 5) is 8.62. The minimum absolute atomic E-state index is 0. The van der Waals surface area contributed by atoms with Gasteiger partial charge < -0.3 is 8.59 Å². The third-order valence-corrected chi connectivity index (χ3v) is 0. The van der Waals surface area contributed by atoms with Crippen molar-refractivity contribution in [2.24, 2.45) is 5.73 Å². The van der Waals surface area contributed by atoms with Crippen LogP contribution in [-0.2, 0) is 0 Å². The Labute approximate surface area is 57.3 Å². The summed E-state index contributed by atoms with van der Waals surface area (Å²) in [5.74, 6) is 0. The van der Waals surface area contributed by atoms with Gasteiger partial charge >= 0.3 is 23.1 Å². The summed E-state index contributed by atoms with van der Waals surface area (Å²) in [7, 11) is 0. The number of carbonyl (C=O) groups is 1. The number of hydrogen-bond donors (Lipinski definition) is 1. The Morgan fingerprint density at radius 3 is 2.00 bits per heavy atom. The van der Waals surface area contributed by atoms with Crippen molar-refractivity contribution in [1.82, 2.24) is 0 Å². The second kappa shape index (κ2) is 4.72. The first kappa shape index (κ1) is 9.21. The first-order valence-corrected chi connectivity index (χ1v) is 1.47. The van der Waals surface area contributed by atoms with Gasteiger partial charge in [0.1, 0.15) is 0 Å². The van der Waals surface area contributed by atoms with Gasteiger partial charge in [-0.1, -0.05) is 0 Å². The summed E-state index contributed by atoms with van der Waals surface area (Å²) in [6.07, 6.45) is 0. The fourth-order valence-corrected chi connectivity index (χ4v) is 0. The van der Waals surface area contributed by atoms with Crippen molar-refractivity contribution < 1.29 is 7.65 Å². The van der Waals surface area contributed by atoms with Crippen LogP contribution < -0.4 is 5.73 Å². The van der Waals surface area contributed by atoms with Crippen LogP contribution in [-0.4, -0.2) is 27.9 Å². The van der Waals surface area contributed by atoms with Gasteiger partial charge in [-0.25, -0.2) is 0 Å². The van der Waals surface area contributed by atoms with Crippen LogP contribution in [0.2, 0.25) is 0 Å². The third kappa shape index (κ3) is 67.8. The van der Waals surface area contributed by atoms with E-state index >= 15 is 0 Å². The summed E-state index contributed by atoms with van der Waals surface area (Å²) in [5.41, 5.74) is 4.39. The Hall–Kier alpha value is 0.716. The van der Waals surface area contributed by atoms with E-state index in [2.05, 4.69) is 21.7 Å². The standard InChI is InChI=1S/CH2BrNO.Mg.2H/c2-1(3)4;;;/h(H2,3,4);;;/q;+2;2*-1. The first-order valence-electron chi connectivity index (χ1n) is 0.682. The second-order valence-corrected chi connectivity index (χ2v) is 1.09. The number of amides is 1. The monoisotopic (exact) mass is 149 g/mol. The Balaban J connectivity index is -0.0000000150. The largest absolute Gasteiger partial charge is 2.00 e. The van der Waals surface area contributed by atoms with Crippen LogP contribution in [0, 0.1) is 0 Å². The number of nitrogens with two attached hydrogens (primary N) is 1. The summed E-state index contributed by atoms with van der Waals surface area (Å²) in [5, 5.41) is 0. The van der Waals surface area contributed by atoms with Crippen molar-refractivity contribution in [3.63, 3.8) is 0 Å². The van der Waals surface area contributed by atoms with E-state index in [1.54, 1.807) is 0 Å². The van der Waals surface area contributed by atoms with Gasteiger partial charge in [0, 0.05) is 15.9 Å². The maximum atomic E-state index is 9.14. The average molecular weight is 150 g/mol. The maximum Gasteiger partial charge on any atom is 2.00 e. The zero-order valence-electron chi connectivity index (χ0n) is 4.57. The number of carbonyl (C=O) groups excluding carboxylic acids is 1. The van der Waals surface area contributed by atoms with Gasteiger partial charge in [0.05, 0.1) is 0 Å². The molecule has 0 rings (SSSR count). The van der Waals surface area contributed by atoms with E-state index in [4.69, 9.17) is 4.79 Å². The minimum atomic E-state index is -0.521. The van der Waals surface area contributed by atoms with Gasteiger partial charge in [-0.05, 0) is 0 Å². The van der Waals surface area contributed by atoms with Gasteiger partial charge in [0.15, 0.2) is 0 Å². The molecule has 1 amide bonds. The molecule has 2 N–H and O–H groups in total. The maximum absolute atomic E-state index is 9.14. The normalized spacial score (nSPS) is 5.00. The van der Waals surface area contributed by atoms with Gasteiger partial charge in [0.2, 0.25) is 0 Å². The van der Waals surface area contributed by atoms with Crippen LogP contribution in [0.4, 0.5) is 4.79 Å². The molecule has 28 valence electrons. The number of hydrogen-bond acceptors (Lipinski definition) is 1. The number of rotatable bonds is 0. The molecule has 0 aromatic heterocycles. The Morgan fingerprint density at radius 1 is 2.00 bits per heavy atom. The Kier molecular flexibility index (Phi) is 8.68. The van der Waals surface area contributed by atoms with E-state index in [-0.39, 0.29) is 25.9 Å². The van der Waals surface area contributed by atoms with Crippen molar-refractivity contribution in [2.45, 2.75) is 0 Å². The van der Waals surface area contributed by atoms with Gasteiger partial charge in [0.25, 0.3) is 4.82 Å². The van der Waals surface area contributed by atoms with Gasteiger partial charge in [-0.15, -0.1) is 0 Å². The second-order valence-electron chi connectivity index (χ2n) is 0.304. The molecular weight excluding hydrogens is 146 g/mol. The molecule has 0 aliphatic heterocycles. The van der Waals surface area contributed by atoms with Crippen molar-refractivity contribution in [3.05, 3.63) is 0 Å². The zero-order valence-corrected chi connectivity index (χ0v) is 5.57. The molecule has 0 unspecified atom stereocenters. The Bertz CT molecular complexity index is 40.7. The van der Waals surface area contributed by atoms with Crippen LogP contribution in [0.3, 0.4) is 0 Å². The van der Waals surface area contributed by atoms with E-state index in [9.17, 15) is 0 Å². The molecule has 0 saturated heterocycles. The van der Waals surface area contributed by atoms with Crippen molar-refractivity contribution in [3.8, 4) is 0 Å². The molecule has 0 radical (unpaired) electrons. The molecule has 0 saturated carbocycles. The molecule has 0 fully saturated rings. The smallest absolute Gasteiger partial charge is 1.00 e. The van der Waals surface area contributed by atoms with Crippen LogP contribution in [0.5, 0.6) is 0 Å². The summed E-state index contributed by atoms with van der Waals surface area (Å²) in [6.45, 7) is 0. The van der Waals surface area contributed by atoms with Crippen LogP contribution >= 0.6 is 15.9 Å². The molecule has 0 aromatic rings. The van der Waals surface area contributed by atoms with E-state index in [0.717, 1.165) is 0 Å². The molecule has 0 heterocycles. The molecule has 0 aromatic carbocycles. The summed E-state index contributed by atoms with van der Waals surface area (Å²) < 4.78 is 0. The van der Waals surface area contributed by atoms with E-state index in [1.807, 2.05) is 0 Å². The number of halogens is 1. The quantitative estimate of drug-likeness (QED) is 0.301. The molecule has 0 aliphatic carbocycles. The molecule has 2 nitrogen and oxygen atoms in total.